The van der Waals surface area contributed by atoms with Crippen molar-refractivity contribution in [2.45, 2.75) is 19.4 Å². The van der Waals surface area contributed by atoms with Gasteiger partial charge in [-0.05, 0) is 30.7 Å². The quantitative estimate of drug-likeness (QED) is 0.481. The molecule has 1 fully saturated rings. The van der Waals surface area contributed by atoms with Gasteiger partial charge in [-0.25, -0.2) is 18.7 Å². The van der Waals surface area contributed by atoms with Gasteiger partial charge in [-0.3, -0.25) is 4.40 Å². The van der Waals surface area contributed by atoms with Gasteiger partial charge in [0, 0.05) is 49.4 Å². The van der Waals surface area contributed by atoms with E-state index in [0.29, 0.717) is 17.8 Å². The highest BCUT2D eigenvalue weighted by atomic mass is 32.1. The SMILES string of the molecule is CCc1nc2cc(F)c(N3CCNCC3)cn2c1C(N)c1nc(-c2ccc(F)cc2)cs1. The van der Waals surface area contributed by atoms with E-state index in [0.717, 1.165) is 53.8 Å². The molecule has 4 aromatic rings. The summed E-state index contributed by atoms with van der Waals surface area (Å²) >= 11 is 1.45. The molecule has 0 spiro atoms. The lowest BCUT2D eigenvalue weighted by Crippen LogP contribution is -2.44. The zero-order chi connectivity index (χ0) is 22.2. The van der Waals surface area contributed by atoms with Gasteiger partial charge in [0.05, 0.1) is 28.8 Å². The average Bonchev–Trinajstić information content (AvgIpc) is 3.44. The van der Waals surface area contributed by atoms with Crippen LogP contribution in [-0.2, 0) is 6.42 Å². The number of aromatic nitrogens is 3. The largest absolute Gasteiger partial charge is 0.365 e. The van der Waals surface area contributed by atoms with Crippen LogP contribution in [0.25, 0.3) is 16.9 Å². The maximum atomic E-state index is 14.9. The number of halogens is 2. The van der Waals surface area contributed by atoms with Gasteiger partial charge in [0.25, 0.3) is 0 Å². The number of hydrogen-bond acceptors (Lipinski definition) is 6. The summed E-state index contributed by atoms with van der Waals surface area (Å²) in [6.45, 7) is 5.13. The summed E-state index contributed by atoms with van der Waals surface area (Å²) in [5.41, 5.74) is 11.0. The van der Waals surface area contributed by atoms with Crippen LogP contribution in [0.2, 0.25) is 0 Å². The van der Waals surface area contributed by atoms with Crippen molar-refractivity contribution in [3.05, 3.63) is 69.9 Å². The summed E-state index contributed by atoms with van der Waals surface area (Å²) in [5, 5.41) is 5.94. The molecule has 1 aliphatic rings. The molecule has 1 aliphatic heterocycles. The van der Waals surface area contributed by atoms with E-state index in [1.54, 1.807) is 12.1 Å². The summed E-state index contributed by atoms with van der Waals surface area (Å²) in [6.07, 6.45) is 2.48. The fourth-order valence-electron chi connectivity index (χ4n) is 4.15. The summed E-state index contributed by atoms with van der Waals surface area (Å²) < 4.78 is 30.1. The molecule has 9 heteroatoms. The van der Waals surface area contributed by atoms with E-state index < -0.39 is 6.04 Å². The van der Waals surface area contributed by atoms with Crippen LogP contribution in [0, 0.1) is 11.6 Å². The van der Waals surface area contributed by atoms with Crippen LogP contribution in [0.3, 0.4) is 0 Å². The van der Waals surface area contributed by atoms with Gasteiger partial charge < -0.3 is 16.0 Å². The monoisotopic (exact) mass is 454 g/mol. The lowest BCUT2D eigenvalue weighted by molar-refractivity contribution is 0.564. The van der Waals surface area contributed by atoms with Gasteiger partial charge in [0.1, 0.15) is 16.5 Å². The number of hydrogen-bond donors (Lipinski definition) is 2. The molecular formula is C23H24F2N6S. The first-order valence-electron chi connectivity index (χ1n) is 10.7. The Labute approximate surface area is 188 Å². The predicted molar refractivity (Wildman–Crippen MR) is 123 cm³/mol. The number of nitrogens with one attached hydrogen (secondary N) is 1. The molecule has 1 atom stereocenters. The Hall–Kier alpha value is -2.88. The first-order valence-corrected chi connectivity index (χ1v) is 11.6. The Morgan fingerprint density at radius 2 is 1.91 bits per heavy atom. The van der Waals surface area contributed by atoms with E-state index in [-0.39, 0.29) is 11.6 Å². The Bertz CT molecular complexity index is 1240. The lowest BCUT2D eigenvalue weighted by atomic mass is 10.1. The van der Waals surface area contributed by atoms with Gasteiger partial charge >= 0.3 is 0 Å². The van der Waals surface area contributed by atoms with Crippen molar-refractivity contribution in [2.75, 3.05) is 31.1 Å². The molecule has 0 saturated carbocycles. The van der Waals surface area contributed by atoms with Gasteiger partial charge in [-0.2, -0.15) is 0 Å². The third-order valence-electron chi connectivity index (χ3n) is 5.82. The molecule has 0 bridgehead atoms. The molecule has 1 unspecified atom stereocenters. The number of aryl methyl sites for hydroxylation is 1. The Balaban J connectivity index is 1.55. The number of piperazine rings is 1. The van der Waals surface area contributed by atoms with Crippen LogP contribution < -0.4 is 16.0 Å². The Morgan fingerprint density at radius 1 is 1.16 bits per heavy atom. The number of nitrogens with zero attached hydrogens (tertiary/aromatic N) is 4. The van der Waals surface area contributed by atoms with Crippen molar-refractivity contribution >= 4 is 22.7 Å². The minimum atomic E-state index is -0.513. The molecule has 166 valence electrons. The number of rotatable bonds is 5. The molecule has 6 nitrogen and oxygen atoms in total. The second kappa shape index (κ2) is 8.57. The van der Waals surface area contributed by atoms with E-state index >= 15 is 0 Å². The standard InChI is InChI=1S/C23H24F2N6S/c1-2-17-22(21(26)23-29-18(13-32-23)14-3-5-15(24)6-4-14)31-12-19(16(25)11-20(31)28-17)30-9-7-27-8-10-30/h3-6,11-13,21,27H,2,7-10,26H2,1H3. The second-order valence-corrected chi connectivity index (χ2v) is 8.71. The van der Waals surface area contributed by atoms with Crippen LogP contribution in [-0.4, -0.2) is 40.5 Å². The van der Waals surface area contributed by atoms with E-state index in [1.807, 2.05) is 27.8 Å². The zero-order valence-corrected chi connectivity index (χ0v) is 18.5. The van der Waals surface area contributed by atoms with Crippen molar-refractivity contribution in [3.63, 3.8) is 0 Å². The number of fused-ring (bicyclic) bond motifs is 1. The molecule has 0 amide bonds. The molecule has 1 aromatic carbocycles. The van der Waals surface area contributed by atoms with Crippen LogP contribution in [0.15, 0.2) is 41.9 Å². The normalized spacial score (nSPS) is 15.4. The molecular weight excluding hydrogens is 430 g/mol. The first kappa shape index (κ1) is 21.0. The fraction of sp³-hybridized carbons (Fsp3) is 0.304. The molecule has 5 rings (SSSR count). The van der Waals surface area contributed by atoms with E-state index in [9.17, 15) is 8.78 Å². The van der Waals surface area contributed by atoms with Gasteiger partial charge in [0.2, 0.25) is 0 Å². The minimum Gasteiger partial charge on any atom is -0.365 e. The van der Waals surface area contributed by atoms with Crippen molar-refractivity contribution < 1.29 is 8.78 Å². The van der Waals surface area contributed by atoms with Crippen LogP contribution in [0.5, 0.6) is 0 Å². The smallest absolute Gasteiger partial charge is 0.151 e. The summed E-state index contributed by atoms with van der Waals surface area (Å²) in [6, 6.07) is 7.21. The van der Waals surface area contributed by atoms with E-state index in [2.05, 4.69) is 10.3 Å². The predicted octanol–water partition coefficient (Wildman–Crippen LogP) is 3.76. The first-order chi connectivity index (χ1) is 15.5. The van der Waals surface area contributed by atoms with Crippen LogP contribution in [0.1, 0.15) is 29.4 Å². The second-order valence-electron chi connectivity index (χ2n) is 7.82. The maximum Gasteiger partial charge on any atom is 0.151 e. The molecule has 0 aliphatic carbocycles. The van der Waals surface area contributed by atoms with E-state index in [1.165, 1.54) is 29.5 Å². The Kier molecular flexibility index (Phi) is 5.62. The topological polar surface area (TPSA) is 71.5 Å². The number of thiazole rings is 1. The van der Waals surface area contributed by atoms with Crippen molar-refractivity contribution in [2.24, 2.45) is 5.73 Å². The van der Waals surface area contributed by atoms with Crippen molar-refractivity contribution in [1.29, 1.82) is 0 Å². The number of anilines is 1. The number of nitrogens with two attached hydrogens (primary N) is 1. The molecule has 3 N–H and O–H groups in total. The highest BCUT2D eigenvalue weighted by Crippen LogP contribution is 2.32. The summed E-state index contributed by atoms with van der Waals surface area (Å²) in [4.78, 5) is 11.4. The molecule has 0 radical (unpaired) electrons. The van der Waals surface area contributed by atoms with Gasteiger partial charge in [-0.15, -0.1) is 11.3 Å². The lowest BCUT2D eigenvalue weighted by Gasteiger charge is -2.29. The highest BCUT2D eigenvalue weighted by molar-refractivity contribution is 7.10. The Morgan fingerprint density at radius 3 is 2.62 bits per heavy atom. The molecule has 1 saturated heterocycles. The van der Waals surface area contributed by atoms with Gasteiger partial charge in [-0.1, -0.05) is 6.92 Å². The zero-order valence-electron chi connectivity index (χ0n) is 17.7. The fourth-order valence-corrected chi connectivity index (χ4v) is 4.98. The van der Waals surface area contributed by atoms with Crippen molar-refractivity contribution in [3.8, 4) is 11.3 Å². The number of imidazole rings is 1. The van der Waals surface area contributed by atoms with Gasteiger partial charge in [0.15, 0.2) is 5.82 Å². The third-order valence-corrected chi connectivity index (χ3v) is 6.75. The van der Waals surface area contributed by atoms with Crippen molar-refractivity contribution in [1.82, 2.24) is 19.7 Å². The summed E-state index contributed by atoms with van der Waals surface area (Å²) in [7, 11) is 0. The average molecular weight is 455 g/mol. The maximum absolute atomic E-state index is 14.9. The third kappa shape index (κ3) is 3.76. The molecule has 3 aromatic heterocycles. The number of benzene rings is 1. The van der Waals surface area contributed by atoms with Crippen LogP contribution in [0.4, 0.5) is 14.5 Å². The van der Waals surface area contributed by atoms with E-state index in [4.69, 9.17) is 10.7 Å². The van der Waals surface area contributed by atoms with Crippen LogP contribution >= 0.6 is 11.3 Å². The minimum absolute atomic E-state index is 0.278. The highest BCUT2D eigenvalue weighted by Gasteiger charge is 2.24. The number of pyridine rings is 1. The molecule has 4 heterocycles. The summed E-state index contributed by atoms with van der Waals surface area (Å²) in [5.74, 6) is -0.563. The molecule has 32 heavy (non-hydrogen) atoms.